The summed E-state index contributed by atoms with van der Waals surface area (Å²) in [6, 6.07) is 11.1. The van der Waals surface area contributed by atoms with E-state index in [0.29, 0.717) is 48.1 Å². The van der Waals surface area contributed by atoms with Gasteiger partial charge in [-0.3, -0.25) is 10.1 Å². The van der Waals surface area contributed by atoms with Gasteiger partial charge >= 0.3 is 5.69 Å². The van der Waals surface area contributed by atoms with Crippen LogP contribution in [0.15, 0.2) is 41.0 Å². The van der Waals surface area contributed by atoms with Crippen molar-refractivity contribution in [2.45, 2.75) is 52.4 Å². The second kappa shape index (κ2) is 16.0. The maximum atomic E-state index is 11.2. The molecule has 0 aliphatic carbocycles. The molecule has 43 heavy (non-hydrogen) atoms. The van der Waals surface area contributed by atoms with E-state index in [1.807, 2.05) is 12.1 Å². The lowest BCUT2D eigenvalue weighted by molar-refractivity contribution is -0.383. The van der Waals surface area contributed by atoms with Gasteiger partial charge in [0, 0.05) is 32.2 Å². The lowest BCUT2D eigenvalue weighted by atomic mass is 10.1. The number of benzene rings is 2. The average molecular weight is 593 g/mol. The summed E-state index contributed by atoms with van der Waals surface area (Å²) in [5, 5.41) is 31.9. The SMILES string of the molecule is COc1ccc(CCNc2nc(NCCCCCCNc3ccc([N+](=O)[O-])c4nonc34)nc(NCCC(C)C)n2)cc1. The number of ether oxygens (including phenoxy) is 1. The van der Waals surface area contributed by atoms with Crippen LogP contribution in [0, 0.1) is 16.0 Å². The van der Waals surface area contributed by atoms with E-state index in [0.717, 1.165) is 57.4 Å². The molecule has 230 valence electrons. The average Bonchev–Trinajstić information content (AvgIpc) is 3.49. The highest BCUT2D eigenvalue weighted by atomic mass is 16.6. The lowest BCUT2D eigenvalue weighted by Crippen LogP contribution is -2.15. The minimum absolute atomic E-state index is 0.123. The molecular formula is C29H40N10O4. The number of hydrogen-bond donors (Lipinski definition) is 4. The van der Waals surface area contributed by atoms with Crippen LogP contribution >= 0.6 is 0 Å². The number of nitro benzene ring substituents is 1. The molecule has 4 aromatic rings. The van der Waals surface area contributed by atoms with E-state index in [1.165, 1.54) is 11.6 Å². The maximum Gasteiger partial charge on any atom is 0.300 e. The van der Waals surface area contributed by atoms with Gasteiger partial charge in [-0.1, -0.05) is 38.8 Å². The van der Waals surface area contributed by atoms with Crippen molar-refractivity contribution in [2.75, 3.05) is 54.6 Å². The number of hydrogen-bond acceptors (Lipinski definition) is 13. The van der Waals surface area contributed by atoms with Gasteiger partial charge in [0.2, 0.25) is 23.4 Å². The Hall–Kier alpha value is -4.75. The molecule has 0 atom stereocenters. The molecule has 0 saturated heterocycles. The summed E-state index contributed by atoms with van der Waals surface area (Å²) in [5.74, 6) is 3.05. The predicted molar refractivity (Wildman–Crippen MR) is 167 cm³/mol. The van der Waals surface area contributed by atoms with Crippen LogP contribution in [-0.4, -0.2) is 63.5 Å². The van der Waals surface area contributed by atoms with E-state index in [2.05, 4.69) is 72.5 Å². The van der Waals surface area contributed by atoms with Gasteiger partial charge in [-0.05, 0) is 65.7 Å². The molecule has 2 aromatic heterocycles. The van der Waals surface area contributed by atoms with Crippen molar-refractivity contribution in [3.8, 4) is 5.75 Å². The smallest absolute Gasteiger partial charge is 0.300 e. The van der Waals surface area contributed by atoms with E-state index < -0.39 is 4.92 Å². The summed E-state index contributed by atoms with van der Waals surface area (Å²) in [6.07, 6.45) is 5.77. The minimum atomic E-state index is -0.493. The van der Waals surface area contributed by atoms with E-state index in [9.17, 15) is 10.1 Å². The summed E-state index contributed by atoms with van der Waals surface area (Å²) in [5.41, 5.74) is 2.26. The van der Waals surface area contributed by atoms with Crippen molar-refractivity contribution in [2.24, 2.45) is 5.92 Å². The van der Waals surface area contributed by atoms with Crippen LogP contribution in [0.2, 0.25) is 0 Å². The Balaban J connectivity index is 1.20. The lowest BCUT2D eigenvalue weighted by Gasteiger charge is -2.12. The minimum Gasteiger partial charge on any atom is -0.497 e. The first-order valence-electron chi connectivity index (χ1n) is 14.7. The monoisotopic (exact) mass is 592 g/mol. The number of nitro groups is 1. The molecule has 14 nitrogen and oxygen atoms in total. The molecular weight excluding hydrogens is 552 g/mol. The molecule has 0 amide bonds. The zero-order valence-electron chi connectivity index (χ0n) is 24.9. The van der Waals surface area contributed by atoms with Gasteiger partial charge in [-0.2, -0.15) is 15.0 Å². The van der Waals surface area contributed by atoms with Gasteiger partial charge in [0.25, 0.3) is 0 Å². The second-order valence-corrected chi connectivity index (χ2v) is 10.6. The molecule has 2 aromatic carbocycles. The first kappa shape index (κ1) is 31.2. The third-order valence-corrected chi connectivity index (χ3v) is 6.79. The highest BCUT2D eigenvalue weighted by Crippen LogP contribution is 2.28. The van der Waals surface area contributed by atoms with Crippen LogP contribution in [0.1, 0.15) is 51.5 Å². The maximum absolute atomic E-state index is 11.2. The Morgan fingerprint density at radius 3 is 2.02 bits per heavy atom. The van der Waals surface area contributed by atoms with Crippen molar-refractivity contribution < 1.29 is 14.3 Å². The van der Waals surface area contributed by atoms with Crippen LogP contribution in [-0.2, 0) is 6.42 Å². The molecule has 0 bridgehead atoms. The summed E-state index contributed by atoms with van der Waals surface area (Å²) < 4.78 is 9.95. The Labute approximate surface area is 250 Å². The highest BCUT2D eigenvalue weighted by Gasteiger charge is 2.19. The van der Waals surface area contributed by atoms with E-state index in [4.69, 9.17) is 9.37 Å². The zero-order valence-corrected chi connectivity index (χ0v) is 24.9. The van der Waals surface area contributed by atoms with Gasteiger partial charge in [0.05, 0.1) is 17.7 Å². The molecule has 0 aliphatic rings. The molecule has 0 radical (unpaired) electrons. The van der Waals surface area contributed by atoms with Crippen LogP contribution in [0.25, 0.3) is 11.0 Å². The first-order valence-corrected chi connectivity index (χ1v) is 14.7. The number of fused-ring (bicyclic) bond motifs is 1. The molecule has 0 fully saturated rings. The summed E-state index contributed by atoms with van der Waals surface area (Å²) >= 11 is 0. The Morgan fingerprint density at radius 2 is 1.40 bits per heavy atom. The second-order valence-electron chi connectivity index (χ2n) is 10.6. The largest absolute Gasteiger partial charge is 0.497 e. The molecule has 0 unspecified atom stereocenters. The summed E-state index contributed by atoms with van der Waals surface area (Å²) in [7, 11) is 1.66. The number of rotatable bonds is 19. The van der Waals surface area contributed by atoms with Crippen molar-refractivity contribution in [3.63, 3.8) is 0 Å². The summed E-state index contributed by atoms with van der Waals surface area (Å²) in [6.45, 7) is 7.30. The van der Waals surface area contributed by atoms with Crippen molar-refractivity contribution >= 4 is 40.3 Å². The molecule has 0 aliphatic heterocycles. The van der Waals surface area contributed by atoms with Gasteiger partial charge in [-0.15, -0.1) is 0 Å². The number of unbranched alkanes of at least 4 members (excludes halogenated alkanes) is 3. The third kappa shape index (κ3) is 9.65. The van der Waals surface area contributed by atoms with Crippen molar-refractivity contribution in [1.82, 2.24) is 25.3 Å². The fourth-order valence-electron chi connectivity index (χ4n) is 4.37. The van der Waals surface area contributed by atoms with E-state index >= 15 is 0 Å². The van der Waals surface area contributed by atoms with Crippen molar-refractivity contribution in [1.29, 1.82) is 0 Å². The molecule has 2 heterocycles. The van der Waals surface area contributed by atoms with Crippen LogP contribution < -0.4 is 26.0 Å². The normalized spacial score (nSPS) is 11.1. The molecule has 4 rings (SSSR count). The Kier molecular flexibility index (Phi) is 11.6. The van der Waals surface area contributed by atoms with Gasteiger partial charge in [-0.25, -0.2) is 4.63 Å². The van der Waals surface area contributed by atoms with Gasteiger partial charge < -0.3 is 26.0 Å². The molecule has 0 saturated carbocycles. The standard InChI is InChI=1S/C29H40N10O4/c1-20(2)14-18-32-28-34-27(35-29(36-28)33-19-15-21-8-10-22(42-3)11-9-21)31-17-7-5-4-6-16-30-23-12-13-24(39(40)41)26-25(23)37-43-38-26/h8-13,20,30H,4-7,14-19H2,1-3H3,(H3,31,32,33,34,35,36). The number of methoxy groups -OCH3 is 1. The quantitative estimate of drug-likeness (QED) is 0.0608. The predicted octanol–water partition coefficient (Wildman–Crippen LogP) is 5.52. The fourth-order valence-corrected chi connectivity index (χ4v) is 4.37. The molecule has 0 spiro atoms. The zero-order chi connectivity index (χ0) is 30.4. The first-order chi connectivity index (χ1) is 20.9. The van der Waals surface area contributed by atoms with Gasteiger partial charge in [0.1, 0.15) is 5.75 Å². The summed E-state index contributed by atoms with van der Waals surface area (Å²) in [4.78, 5) is 24.4. The number of nitrogens with zero attached hydrogens (tertiary/aromatic N) is 6. The topological polar surface area (TPSA) is 178 Å². The van der Waals surface area contributed by atoms with Crippen LogP contribution in [0.4, 0.5) is 29.2 Å². The number of anilines is 4. The number of aromatic nitrogens is 5. The van der Waals surface area contributed by atoms with Crippen LogP contribution in [0.3, 0.4) is 0 Å². The van der Waals surface area contributed by atoms with E-state index in [1.54, 1.807) is 13.2 Å². The van der Waals surface area contributed by atoms with Gasteiger partial charge in [0.15, 0.2) is 5.52 Å². The number of non-ortho nitro benzene ring substituents is 1. The Bertz CT molecular complexity index is 1450. The molecule has 4 N–H and O–H groups in total. The third-order valence-electron chi connectivity index (χ3n) is 6.79. The van der Waals surface area contributed by atoms with Crippen molar-refractivity contribution in [3.05, 3.63) is 52.1 Å². The fraction of sp³-hybridized carbons (Fsp3) is 0.483. The molecule has 14 heteroatoms. The highest BCUT2D eigenvalue weighted by molar-refractivity contribution is 5.93. The Morgan fingerprint density at radius 1 is 0.791 bits per heavy atom. The van der Waals surface area contributed by atoms with E-state index in [-0.39, 0.29) is 11.2 Å². The number of nitrogens with one attached hydrogen (secondary N) is 4. The van der Waals surface area contributed by atoms with Crippen LogP contribution in [0.5, 0.6) is 5.75 Å².